The number of carbonyl (C=O) groups is 1. The second-order valence-corrected chi connectivity index (χ2v) is 11.8. The maximum Gasteiger partial charge on any atom is 0.410 e. The minimum absolute atomic E-state index is 0. The molecule has 3 aliphatic heterocycles. The number of aromatic nitrogens is 4. The highest BCUT2D eigenvalue weighted by Crippen LogP contribution is 2.36. The topological polar surface area (TPSA) is 115 Å². The third kappa shape index (κ3) is 5.19. The second kappa shape index (κ2) is 10.5. The fraction of sp³-hybridized carbons (Fsp3) is 0.586. The van der Waals surface area contributed by atoms with Gasteiger partial charge in [0.15, 0.2) is 5.82 Å². The molecule has 3 aromatic rings. The van der Waals surface area contributed by atoms with Crippen LogP contribution in [-0.4, -0.2) is 93.0 Å². The van der Waals surface area contributed by atoms with E-state index < -0.39 is 17.8 Å². The number of anilines is 1. The van der Waals surface area contributed by atoms with Crippen LogP contribution in [0, 0.1) is 6.92 Å². The van der Waals surface area contributed by atoms with Crippen LogP contribution >= 0.6 is 0 Å². The molecule has 1 N–H and O–H groups in total. The van der Waals surface area contributed by atoms with E-state index in [1.165, 1.54) is 0 Å². The third-order valence-corrected chi connectivity index (χ3v) is 7.86. The third-order valence-electron chi connectivity index (χ3n) is 7.86. The van der Waals surface area contributed by atoms with Crippen LogP contribution in [0.25, 0.3) is 16.7 Å². The molecule has 0 saturated carbocycles. The number of nitrogens with zero attached hydrogens (tertiary/aromatic N) is 6. The first-order valence-electron chi connectivity index (χ1n) is 13.6. The van der Waals surface area contributed by atoms with Crippen LogP contribution in [0.15, 0.2) is 24.4 Å². The Morgan fingerprint density at radius 1 is 1.15 bits per heavy atom. The highest BCUT2D eigenvalue weighted by atomic mass is 16.6. The molecule has 2 bridgehead atoms. The lowest BCUT2D eigenvalue weighted by Gasteiger charge is -2.37. The lowest BCUT2D eigenvalue weighted by atomic mass is 9.84. The molecule has 11 heteroatoms. The van der Waals surface area contributed by atoms with E-state index in [9.17, 15) is 9.90 Å². The van der Waals surface area contributed by atoms with Crippen molar-refractivity contribution in [3.05, 3.63) is 35.5 Å². The van der Waals surface area contributed by atoms with E-state index in [4.69, 9.17) is 14.2 Å². The molecule has 3 aliphatic rings. The normalized spacial score (nSPS) is 24.4. The molecule has 3 fully saturated rings. The summed E-state index contributed by atoms with van der Waals surface area (Å²) in [7, 11) is 1.57. The van der Waals surface area contributed by atoms with E-state index in [1.54, 1.807) is 16.7 Å². The molecule has 0 radical (unpaired) electrons. The number of hydrogen-bond acceptors (Lipinski definition) is 9. The number of rotatable bonds is 4. The number of hydrogen-bond donors (Lipinski definition) is 1. The second-order valence-electron chi connectivity index (χ2n) is 11.8. The first-order chi connectivity index (χ1) is 18.6. The Labute approximate surface area is 235 Å². The van der Waals surface area contributed by atoms with Crippen molar-refractivity contribution in [3.8, 4) is 11.8 Å². The van der Waals surface area contributed by atoms with Gasteiger partial charge in [0.05, 0.1) is 50.2 Å². The number of ether oxygens (including phenoxy) is 3. The van der Waals surface area contributed by atoms with Crippen molar-refractivity contribution < 1.29 is 24.1 Å². The monoisotopic (exact) mass is 552 g/mol. The number of morpholine rings is 1. The van der Waals surface area contributed by atoms with Gasteiger partial charge in [-0.3, -0.25) is 0 Å². The van der Waals surface area contributed by atoms with Gasteiger partial charge < -0.3 is 29.1 Å². The molecule has 4 unspecified atom stereocenters. The summed E-state index contributed by atoms with van der Waals surface area (Å²) in [6.07, 6.45) is 2.60. The predicted molar refractivity (Wildman–Crippen MR) is 151 cm³/mol. The molecular formula is C29H40N6O5. The van der Waals surface area contributed by atoms with Gasteiger partial charge >= 0.3 is 12.1 Å². The first kappa shape index (κ1) is 28.1. The number of carbonyl (C=O) groups excluding carboxylic acids is 1. The van der Waals surface area contributed by atoms with Crippen LogP contribution in [0.2, 0.25) is 0 Å². The first-order valence-corrected chi connectivity index (χ1v) is 13.6. The zero-order chi connectivity index (χ0) is 27.5. The van der Waals surface area contributed by atoms with Crippen molar-refractivity contribution in [2.24, 2.45) is 0 Å². The van der Waals surface area contributed by atoms with Crippen LogP contribution in [0.3, 0.4) is 0 Å². The van der Waals surface area contributed by atoms with Crippen molar-refractivity contribution in [2.75, 3.05) is 38.3 Å². The molecule has 1 amide bonds. The molecule has 0 aliphatic carbocycles. The summed E-state index contributed by atoms with van der Waals surface area (Å²) in [5.74, 6) is 1.30. The van der Waals surface area contributed by atoms with Gasteiger partial charge in [-0.15, -0.1) is 0 Å². The van der Waals surface area contributed by atoms with Crippen molar-refractivity contribution in [1.82, 2.24) is 24.6 Å². The number of methoxy groups -OCH3 is 1. The molecular weight excluding hydrogens is 512 g/mol. The fourth-order valence-electron chi connectivity index (χ4n) is 6.00. The van der Waals surface area contributed by atoms with Crippen LogP contribution in [0.5, 0.6) is 6.01 Å². The molecule has 0 spiro atoms. The Hall–Kier alpha value is -3.44. The SMILES string of the molecule is C.COc1nc(N2CC3CC2CO3)cc(-n2ncc3cc(C)c(C4CCN(C(=O)OC(C)(C)C)CC4O)cc32)n1. The Morgan fingerprint density at radius 2 is 1.93 bits per heavy atom. The van der Waals surface area contributed by atoms with Crippen LogP contribution in [-0.2, 0) is 9.47 Å². The highest BCUT2D eigenvalue weighted by Gasteiger charge is 2.40. The van der Waals surface area contributed by atoms with Crippen molar-refractivity contribution in [1.29, 1.82) is 0 Å². The number of aliphatic hydroxyl groups excluding tert-OH is 1. The minimum Gasteiger partial charge on any atom is -0.467 e. The Kier molecular flexibility index (Phi) is 7.39. The van der Waals surface area contributed by atoms with Crippen LogP contribution in [0.1, 0.15) is 58.1 Å². The van der Waals surface area contributed by atoms with Gasteiger partial charge in [-0.2, -0.15) is 15.1 Å². The zero-order valence-corrected chi connectivity index (χ0v) is 23.1. The molecule has 5 heterocycles. The summed E-state index contributed by atoms with van der Waals surface area (Å²) < 4.78 is 18.5. The van der Waals surface area contributed by atoms with Gasteiger partial charge in [-0.25, -0.2) is 9.48 Å². The maximum atomic E-state index is 12.6. The number of benzene rings is 1. The quantitative estimate of drug-likeness (QED) is 0.516. The van der Waals surface area contributed by atoms with Crippen LogP contribution in [0.4, 0.5) is 10.6 Å². The van der Waals surface area contributed by atoms with Crippen LogP contribution < -0.4 is 9.64 Å². The van der Waals surface area contributed by atoms with Gasteiger partial charge in [-0.05, 0) is 63.8 Å². The highest BCUT2D eigenvalue weighted by molar-refractivity contribution is 5.82. The number of piperidine rings is 1. The summed E-state index contributed by atoms with van der Waals surface area (Å²) in [6, 6.07) is 6.72. The number of β-amino-alcohol motifs (C(OH)–C–C–N with tert-alkyl or cyclic N) is 1. The summed E-state index contributed by atoms with van der Waals surface area (Å²) >= 11 is 0. The lowest BCUT2D eigenvalue weighted by Crippen LogP contribution is -2.47. The summed E-state index contributed by atoms with van der Waals surface area (Å²) in [5, 5.41) is 16.8. The molecule has 6 rings (SSSR count). The molecule has 216 valence electrons. The number of likely N-dealkylation sites (tertiary alicyclic amines) is 1. The van der Waals surface area contributed by atoms with Gasteiger partial charge in [0.2, 0.25) is 0 Å². The standard InChI is InChI=1S/C28H36N6O5.CH4/c1-16-8-17-12-29-34(25-11-24(30-26(31-25)37-5)33-13-19-9-18(33)15-38-19)22(17)10-21(16)20-6-7-32(14-23(20)35)27(36)39-28(2,3)4;/h8,10-12,18-20,23,35H,6-7,9,13-15H2,1-5H3;1H4. The van der Waals surface area contributed by atoms with E-state index in [-0.39, 0.29) is 32.0 Å². The van der Waals surface area contributed by atoms with E-state index in [1.807, 2.05) is 33.0 Å². The predicted octanol–water partition coefficient (Wildman–Crippen LogP) is 3.83. The summed E-state index contributed by atoms with van der Waals surface area (Å²) in [4.78, 5) is 25.7. The summed E-state index contributed by atoms with van der Waals surface area (Å²) in [6.45, 7) is 9.82. The van der Waals surface area contributed by atoms with E-state index in [0.717, 1.165) is 40.8 Å². The van der Waals surface area contributed by atoms with E-state index >= 15 is 0 Å². The van der Waals surface area contributed by atoms with Crippen molar-refractivity contribution in [3.63, 3.8) is 0 Å². The number of fused-ring (bicyclic) bond motifs is 3. The Balaban J connectivity index is 0.00000323. The summed E-state index contributed by atoms with van der Waals surface area (Å²) in [5.41, 5.74) is 2.42. The Bertz CT molecular complexity index is 1400. The molecule has 1 aromatic carbocycles. The minimum atomic E-state index is -0.711. The number of amides is 1. The largest absolute Gasteiger partial charge is 0.467 e. The Morgan fingerprint density at radius 3 is 2.58 bits per heavy atom. The zero-order valence-electron chi connectivity index (χ0n) is 23.1. The fourth-order valence-corrected chi connectivity index (χ4v) is 6.00. The van der Waals surface area contributed by atoms with E-state index in [0.29, 0.717) is 31.4 Å². The molecule has 2 aromatic heterocycles. The number of aryl methyl sites for hydroxylation is 1. The molecule has 40 heavy (non-hydrogen) atoms. The average Bonchev–Trinajstić information content (AvgIpc) is 3.63. The van der Waals surface area contributed by atoms with Crippen molar-refractivity contribution in [2.45, 2.75) is 77.7 Å². The van der Waals surface area contributed by atoms with Gasteiger partial charge in [-0.1, -0.05) is 7.43 Å². The smallest absolute Gasteiger partial charge is 0.410 e. The average molecular weight is 553 g/mol. The van der Waals surface area contributed by atoms with Crippen molar-refractivity contribution >= 4 is 22.8 Å². The lowest BCUT2D eigenvalue weighted by molar-refractivity contribution is -0.00155. The molecule has 4 atom stereocenters. The molecule has 11 nitrogen and oxygen atoms in total. The van der Waals surface area contributed by atoms with Gasteiger partial charge in [0.1, 0.15) is 11.4 Å². The van der Waals surface area contributed by atoms with Gasteiger partial charge in [0.25, 0.3) is 0 Å². The number of aliphatic hydroxyl groups is 1. The maximum absolute atomic E-state index is 12.6. The van der Waals surface area contributed by atoms with Gasteiger partial charge in [0, 0.05) is 30.5 Å². The molecule has 3 saturated heterocycles. The van der Waals surface area contributed by atoms with E-state index in [2.05, 4.69) is 39.0 Å².